The number of urea groups is 1. The predicted molar refractivity (Wildman–Crippen MR) is 110 cm³/mol. The highest BCUT2D eigenvalue weighted by molar-refractivity contribution is 6.31. The molecule has 8 heteroatoms. The number of carbonyl (C=O) groups is 2. The molecule has 3 rings (SSSR count). The van der Waals surface area contributed by atoms with Crippen molar-refractivity contribution < 1.29 is 14.3 Å². The van der Waals surface area contributed by atoms with E-state index in [0.717, 1.165) is 11.3 Å². The third-order valence-corrected chi connectivity index (χ3v) is 4.57. The molecule has 2 aromatic carbocycles. The SMILES string of the molecule is COc1ccc(Cl)cc1NC(=O)Nc1cccc(C2=NNC(=O)CC2(C)C)c1. The standard InChI is InChI=1S/C20H21ClN4O3/c1-20(2)11-17(26)24-25-18(20)12-5-4-6-14(9-12)22-19(27)23-15-10-13(21)7-8-16(15)28-3/h4-10H,11H2,1-3H3,(H,24,26)(H2,22,23,27). The monoisotopic (exact) mass is 400 g/mol. The Morgan fingerprint density at radius 2 is 2.00 bits per heavy atom. The molecule has 2 aromatic rings. The van der Waals surface area contributed by atoms with Crippen molar-refractivity contribution in [1.29, 1.82) is 0 Å². The number of nitrogens with one attached hydrogen (secondary N) is 3. The Bertz CT molecular complexity index is 956. The summed E-state index contributed by atoms with van der Waals surface area (Å²) in [6.45, 7) is 3.92. The smallest absolute Gasteiger partial charge is 0.323 e. The lowest BCUT2D eigenvalue weighted by atomic mass is 9.79. The highest BCUT2D eigenvalue weighted by Gasteiger charge is 2.33. The Hall–Kier alpha value is -3.06. The number of amides is 3. The molecule has 0 aromatic heterocycles. The molecular weight excluding hydrogens is 380 g/mol. The lowest BCUT2D eigenvalue weighted by Gasteiger charge is -2.29. The van der Waals surface area contributed by atoms with Gasteiger partial charge in [-0.2, -0.15) is 5.10 Å². The van der Waals surface area contributed by atoms with Gasteiger partial charge in [0.15, 0.2) is 0 Å². The van der Waals surface area contributed by atoms with Gasteiger partial charge in [0.05, 0.1) is 18.5 Å². The number of rotatable bonds is 4. The number of hydrogen-bond donors (Lipinski definition) is 3. The van der Waals surface area contributed by atoms with Crippen LogP contribution in [-0.2, 0) is 4.79 Å². The summed E-state index contributed by atoms with van der Waals surface area (Å²) in [6, 6.07) is 11.8. The summed E-state index contributed by atoms with van der Waals surface area (Å²) in [6.07, 6.45) is 0.346. The Morgan fingerprint density at radius 3 is 2.71 bits per heavy atom. The third-order valence-electron chi connectivity index (χ3n) is 4.34. The molecule has 1 aliphatic rings. The number of methoxy groups -OCH3 is 1. The van der Waals surface area contributed by atoms with Crippen LogP contribution in [-0.4, -0.2) is 24.8 Å². The van der Waals surface area contributed by atoms with Crippen molar-refractivity contribution >= 4 is 40.6 Å². The molecule has 0 aliphatic carbocycles. The lowest BCUT2D eigenvalue weighted by Crippen LogP contribution is -2.39. The van der Waals surface area contributed by atoms with Crippen LogP contribution in [0.5, 0.6) is 5.75 Å². The molecule has 7 nitrogen and oxygen atoms in total. The molecule has 3 amide bonds. The molecule has 0 radical (unpaired) electrons. The first-order valence-corrected chi connectivity index (χ1v) is 9.05. The molecule has 0 atom stereocenters. The van der Waals surface area contributed by atoms with Crippen molar-refractivity contribution in [2.45, 2.75) is 20.3 Å². The maximum Gasteiger partial charge on any atom is 0.323 e. The summed E-state index contributed by atoms with van der Waals surface area (Å²) in [5, 5.41) is 10.2. The van der Waals surface area contributed by atoms with Crippen molar-refractivity contribution in [3.63, 3.8) is 0 Å². The van der Waals surface area contributed by atoms with Crippen LogP contribution in [0, 0.1) is 5.41 Å². The van der Waals surface area contributed by atoms with Gasteiger partial charge in [-0.25, -0.2) is 10.2 Å². The predicted octanol–water partition coefficient (Wildman–Crippen LogP) is 4.24. The first kappa shape index (κ1) is 19.7. The summed E-state index contributed by atoms with van der Waals surface area (Å²) in [5.41, 5.74) is 4.75. The average molecular weight is 401 g/mol. The second kappa shape index (κ2) is 7.90. The van der Waals surface area contributed by atoms with Gasteiger partial charge in [0.2, 0.25) is 5.91 Å². The van der Waals surface area contributed by atoms with Crippen LogP contribution in [0.1, 0.15) is 25.8 Å². The molecule has 0 unspecified atom stereocenters. The van der Waals surface area contributed by atoms with Crippen molar-refractivity contribution in [2.24, 2.45) is 10.5 Å². The highest BCUT2D eigenvalue weighted by atomic mass is 35.5. The van der Waals surface area contributed by atoms with E-state index >= 15 is 0 Å². The molecule has 0 saturated carbocycles. The average Bonchev–Trinajstić information content (AvgIpc) is 2.61. The van der Waals surface area contributed by atoms with Gasteiger partial charge in [-0.3, -0.25) is 4.79 Å². The van der Waals surface area contributed by atoms with Crippen LogP contribution < -0.4 is 20.8 Å². The van der Waals surface area contributed by atoms with Crippen LogP contribution in [0.15, 0.2) is 47.6 Å². The summed E-state index contributed by atoms with van der Waals surface area (Å²) in [5.74, 6) is 0.389. The lowest BCUT2D eigenvalue weighted by molar-refractivity contribution is -0.122. The zero-order valence-corrected chi connectivity index (χ0v) is 16.6. The van der Waals surface area contributed by atoms with Crippen molar-refractivity contribution in [1.82, 2.24) is 5.43 Å². The largest absolute Gasteiger partial charge is 0.495 e. The minimum atomic E-state index is -0.434. The van der Waals surface area contributed by atoms with Crippen LogP contribution in [0.25, 0.3) is 0 Å². The van der Waals surface area contributed by atoms with Crippen LogP contribution >= 0.6 is 11.6 Å². The van der Waals surface area contributed by atoms with Crippen LogP contribution in [0.3, 0.4) is 0 Å². The van der Waals surface area contributed by atoms with Crippen molar-refractivity contribution in [3.8, 4) is 5.75 Å². The van der Waals surface area contributed by atoms with E-state index in [-0.39, 0.29) is 5.91 Å². The fraction of sp³-hybridized carbons (Fsp3) is 0.250. The van der Waals surface area contributed by atoms with E-state index < -0.39 is 11.4 Å². The first-order valence-electron chi connectivity index (χ1n) is 8.67. The number of hydrazone groups is 1. The molecule has 0 bridgehead atoms. The van der Waals surface area contributed by atoms with Gasteiger partial charge in [-0.05, 0) is 30.3 Å². The number of nitrogens with zero attached hydrogens (tertiary/aromatic N) is 1. The van der Waals surface area contributed by atoms with E-state index in [1.807, 2.05) is 32.0 Å². The van der Waals surface area contributed by atoms with Gasteiger partial charge < -0.3 is 15.4 Å². The molecule has 28 heavy (non-hydrogen) atoms. The van der Waals surface area contributed by atoms with Crippen molar-refractivity contribution in [3.05, 3.63) is 53.1 Å². The Morgan fingerprint density at radius 1 is 1.21 bits per heavy atom. The Kier molecular flexibility index (Phi) is 5.56. The molecule has 146 valence electrons. The van der Waals surface area contributed by atoms with E-state index in [1.54, 1.807) is 24.3 Å². The zero-order valence-electron chi connectivity index (χ0n) is 15.8. The molecule has 0 fully saturated rings. The van der Waals surface area contributed by atoms with Crippen LogP contribution in [0.4, 0.5) is 16.2 Å². The van der Waals surface area contributed by atoms with Gasteiger partial charge in [0, 0.05) is 28.1 Å². The maximum absolute atomic E-state index is 12.4. The topological polar surface area (TPSA) is 91.8 Å². The second-order valence-electron chi connectivity index (χ2n) is 7.06. The first-order chi connectivity index (χ1) is 13.3. The fourth-order valence-corrected chi connectivity index (χ4v) is 3.23. The zero-order chi connectivity index (χ0) is 20.3. The number of benzene rings is 2. The fourth-order valence-electron chi connectivity index (χ4n) is 3.06. The quantitative estimate of drug-likeness (QED) is 0.716. The minimum Gasteiger partial charge on any atom is -0.495 e. The van der Waals surface area contributed by atoms with Gasteiger partial charge in [0.1, 0.15) is 5.75 Å². The minimum absolute atomic E-state index is 0.113. The molecular formula is C20H21ClN4O3. The number of ether oxygens (including phenoxy) is 1. The van der Waals surface area contributed by atoms with Gasteiger partial charge in [-0.1, -0.05) is 37.6 Å². The Labute approximate surface area is 168 Å². The number of halogens is 1. The highest BCUT2D eigenvalue weighted by Crippen LogP contribution is 2.30. The van der Waals surface area contributed by atoms with Crippen molar-refractivity contribution in [2.75, 3.05) is 17.7 Å². The number of anilines is 2. The molecule has 3 N–H and O–H groups in total. The van der Waals surface area contributed by atoms with E-state index in [0.29, 0.717) is 28.6 Å². The van der Waals surface area contributed by atoms with Gasteiger partial charge in [-0.15, -0.1) is 0 Å². The molecule has 0 saturated heterocycles. The molecule has 1 heterocycles. The summed E-state index contributed by atoms with van der Waals surface area (Å²) < 4.78 is 5.23. The van der Waals surface area contributed by atoms with Gasteiger partial charge in [0.25, 0.3) is 0 Å². The summed E-state index contributed by atoms with van der Waals surface area (Å²) in [7, 11) is 1.52. The second-order valence-corrected chi connectivity index (χ2v) is 7.50. The van der Waals surface area contributed by atoms with E-state index in [2.05, 4.69) is 21.2 Å². The third kappa shape index (κ3) is 4.43. The number of carbonyl (C=O) groups excluding carboxylic acids is 2. The summed E-state index contributed by atoms with van der Waals surface area (Å²) >= 11 is 5.99. The maximum atomic E-state index is 12.4. The van der Waals surface area contributed by atoms with Crippen LogP contribution in [0.2, 0.25) is 5.02 Å². The molecule has 1 aliphatic heterocycles. The summed E-state index contributed by atoms with van der Waals surface area (Å²) in [4.78, 5) is 24.0. The molecule has 0 spiro atoms. The van der Waals surface area contributed by atoms with E-state index in [4.69, 9.17) is 16.3 Å². The normalized spacial score (nSPS) is 15.3. The van der Waals surface area contributed by atoms with E-state index in [1.165, 1.54) is 7.11 Å². The Balaban J connectivity index is 1.77. The number of hydrogen-bond acceptors (Lipinski definition) is 4. The van der Waals surface area contributed by atoms with Gasteiger partial charge >= 0.3 is 6.03 Å². The van der Waals surface area contributed by atoms with E-state index in [9.17, 15) is 9.59 Å².